The topological polar surface area (TPSA) is 178 Å². The van der Waals surface area contributed by atoms with E-state index in [9.17, 15) is 13.2 Å². The molecule has 4 rings (SSSR count). The fourth-order valence-corrected chi connectivity index (χ4v) is 4.47. The second-order valence-electron chi connectivity index (χ2n) is 8.05. The molecule has 0 saturated carbocycles. The quantitative estimate of drug-likeness (QED) is 0.189. The maximum atomic E-state index is 13.3. The van der Waals surface area contributed by atoms with Gasteiger partial charge in [-0.1, -0.05) is 18.2 Å². The zero-order valence-corrected chi connectivity index (χ0v) is 22.5. The Labute approximate surface area is 231 Å². The number of nitrogens with two attached hydrogens (primary N) is 1. The van der Waals surface area contributed by atoms with E-state index < -0.39 is 28.6 Å². The van der Waals surface area contributed by atoms with Gasteiger partial charge in [0.1, 0.15) is 17.5 Å². The average Bonchev–Trinajstić information content (AvgIpc) is 2.92. The number of aliphatic hydroxyl groups excluding tert-OH is 1. The molecule has 0 aliphatic rings. The molecule has 4 aromatic rings. The van der Waals surface area contributed by atoms with Crippen LogP contribution < -0.4 is 30.6 Å². The van der Waals surface area contributed by atoms with Gasteiger partial charge in [0.05, 0.1) is 36.8 Å². The third kappa shape index (κ3) is 7.03. The summed E-state index contributed by atoms with van der Waals surface area (Å²) in [5.74, 6) is 0.462. The first-order valence-corrected chi connectivity index (χ1v) is 12.8. The van der Waals surface area contributed by atoms with Gasteiger partial charge in [0.15, 0.2) is 11.6 Å². The summed E-state index contributed by atoms with van der Waals surface area (Å²) in [6.07, 6.45) is 0. The third-order valence-corrected chi connectivity index (χ3v) is 6.70. The van der Waals surface area contributed by atoms with E-state index in [2.05, 4.69) is 25.3 Å². The molecule has 0 fully saturated rings. The maximum absolute atomic E-state index is 13.3. The Hall–Kier alpha value is -4.17. The predicted octanol–water partition coefficient (Wildman–Crippen LogP) is 2.87. The lowest BCUT2D eigenvalue weighted by atomic mass is 10.2. The molecular formula is C25H27ClN6O6S. The van der Waals surface area contributed by atoms with Crippen LogP contribution in [-0.4, -0.2) is 56.3 Å². The molecular weight excluding hydrogens is 548 g/mol. The van der Waals surface area contributed by atoms with Crippen molar-refractivity contribution in [2.24, 2.45) is 5.73 Å². The van der Waals surface area contributed by atoms with Crippen molar-refractivity contribution in [2.45, 2.75) is 10.9 Å². The summed E-state index contributed by atoms with van der Waals surface area (Å²) in [6.45, 7) is -0.555. The van der Waals surface area contributed by atoms with E-state index in [1.165, 1.54) is 38.5 Å². The summed E-state index contributed by atoms with van der Waals surface area (Å²) in [4.78, 5) is 20.9. The highest BCUT2D eigenvalue weighted by Gasteiger charge is 2.21. The molecule has 0 aliphatic heterocycles. The Morgan fingerprint density at radius 2 is 1.54 bits per heavy atom. The fourth-order valence-electron chi connectivity index (χ4n) is 3.42. The summed E-state index contributed by atoms with van der Waals surface area (Å²) in [7, 11) is -1.15. The SMILES string of the molecule is COc1cc(Nc2nc3ccccc3nc2NS(=O)(=O)c2cccc(NC(=O)C(N)CO)c2)cc(OC)c1.Cl. The molecule has 0 saturated heterocycles. The number of nitrogens with zero attached hydrogens (tertiary/aromatic N) is 2. The van der Waals surface area contributed by atoms with Crippen LogP contribution >= 0.6 is 12.4 Å². The average molecular weight is 575 g/mol. The number of amides is 1. The number of carbonyl (C=O) groups is 1. The molecule has 1 atom stereocenters. The van der Waals surface area contributed by atoms with Crippen molar-refractivity contribution in [1.29, 1.82) is 0 Å². The first kappa shape index (κ1) is 29.4. The van der Waals surface area contributed by atoms with Crippen LogP contribution in [0.1, 0.15) is 0 Å². The molecule has 12 nitrogen and oxygen atoms in total. The van der Waals surface area contributed by atoms with Crippen LogP contribution in [0.4, 0.5) is 23.0 Å². The summed E-state index contributed by atoms with van der Waals surface area (Å²) in [5, 5.41) is 14.6. The number of fused-ring (bicyclic) bond motifs is 1. The number of ether oxygens (including phenoxy) is 2. The number of aromatic nitrogens is 2. The van der Waals surface area contributed by atoms with Crippen molar-refractivity contribution < 1.29 is 27.8 Å². The molecule has 39 heavy (non-hydrogen) atoms. The van der Waals surface area contributed by atoms with Gasteiger partial charge in [-0.3, -0.25) is 9.52 Å². The second-order valence-corrected chi connectivity index (χ2v) is 9.73. The Morgan fingerprint density at radius 3 is 2.13 bits per heavy atom. The van der Waals surface area contributed by atoms with E-state index in [-0.39, 0.29) is 34.6 Å². The Kier molecular flexibility index (Phi) is 9.48. The molecule has 0 aliphatic carbocycles. The van der Waals surface area contributed by atoms with E-state index >= 15 is 0 Å². The van der Waals surface area contributed by atoms with Gasteiger partial charge >= 0.3 is 0 Å². The van der Waals surface area contributed by atoms with Gasteiger partial charge in [-0.05, 0) is 30.3 Å². The lowest BCUT2D eigenvalue weighted by Crippen LogP contribution is -2.38. The molecule has 3 aromatic carbocycles. The van der Waals surface area contributed by atoms with Crippen LogP contribution in [0.2, 0.25) is 0 Å². The smallest absolute Gasteiger partial charge is 0.263 e. The normalized spacial score (nSPS) is 11.7. The summed E-state index contributed by atoms with van der Waals surface area (Å²) in [5.41, 5.74) is 7.24. The van der Waals surface area contributed by atoms with Crippen molar-refractivity contribution in [3.05, 3.63) is 66.7 Å². The van der Waals surface area contributed by atoms with Crippen molar-refractivity contribution in [3.8, 4) is 11.5 Å². The Balaban J connectivity index is 0.00000420. The molecule has 1 aromatic heterocycles. The second kappa shape index (κ2) is 12.6. The minimum absolute atomic E-state index is 0. The van der Waals surface area contributed by atoms with Crippen molar-refractivity contribution in [3.63, 3.8) is 0 Å². The molecule has 0 bridgehead atoms. The van der Waals surface area contributed by atoms with Crippen LogP contribution in [0.3, 0.4) is 0 Å². The fraction of sp³-hybridized carbons (Fsp3) is 0.160. The van der Waals surface area contributed by atoms with Crippen LogP contribution in [0, 0.1) is 0 Å². The van der Waals surface area contributed by atoms with Gasteiger partial charge in [-0.2, -0.15) is 0 Å². The zero-order valence-electron chi connectivity index (χ0n) is 20.9. The van der Waals surface area contributed by atoms with Crippen LogP contribution in [0.25, 0.3) is 11.0 Å². The highest BCUT2D eigenvalue weighted by atomic mass is 35.5. The minimum Gasteiger partial charge on any atom is -0.497 e. The van der Waals surface area contributed by atoms with Crippen molar-refractivity contribution >= 4 is 62.4 Å². The van der Waals surface area contributed by atoms with Gasteiger partial charge in [-0.15, -0.1) is 12.4 Å². The first-order valence-electron chi connectivity index (χ1n) is 11.3. The van der Waals surface area contributed by atoms with Gasteiger partial charge in [0, 0.05) is 29.6 Å². The number of nitrogens with one attached hydrogen (secondary N) is 3. The molecule has 1 unspecified atom stereocenters. The molecule has 206 valence electrons. The predicted molar refractivity (Wildman–Crippen MR) is 151 cm³/mol. The Morgan fingerprint density at radius 1 is 0.923 bits per heavy atom. The number of para-hydroxylation sites is 2. The van der Waals surface area contributed by atoms with E-state index in [0.29, 0.717) is 28.2 Å². The number of halogens is 1. The number of hydrogen-bond acceptors (Lipinski definition) is 10. The van der Waals surface area contributed by atoms with E-state index in [4.69, 9.17) is 20.3 Å². The summed E-state index contributed by atoms with van der Waals surface area (Å²) < 4.78 is 39.8. The number of benzene rings is 3. The highest BCUT2D eigenvalue weighted by molar-refractivity contribution is 7.92. The number of hydrogen-bond donors (Lipinski definition) is 5. The van der Waals surface area contributed by atoms with E-state index in [1.54, 1.807) is 42.5 Å². The molecule has 1 heterocycles. The van der Waals surface area contributed by atoms with Crippen LogP contribution in [-0.2, 0) is 14.8 Å². The summed E-state index contributed by atoms with van der Waals surface area (Å²) in [6, 6.07) is 16.5. The molecule has 1 amide bonds. The maximum Gasteiger partial charge on any atom is 0.263 e. The number of rotatable bonds is 10. The van der Waals surface area contributed by atoms with Crippen LogP contribution in [0.15, 0.2) is 71.6 Å². The Bertz CT molecular complexity index is 1560. The van der Waals surface area contributed by atoms with E-state index in [1.807, 2.05) is 0 Å². The van der Waals surface area contributed by atoms with Gasteiger partial charge in [0.25, 0.3) is 10.0 Å². The first-order chi connectivity index (χ1) is 18.2. The molecule has 0 spiro atoms. The molecule has 14 heteroatoms. The van der Waals surface area contributed by atoms with Crippen LogP contribution in [0.5, 0.6) is 11.5 Å². The summed E-state index contributed by atoms with van der Waals surface area (Å²) >= 11 is 0. The number of sulfonamides is 1. The lowest BCUT2D eigenvalue weighted by molar-refractivity contribution is -0.118. The standard InChI is InChI=1S/C25H26N6O6S.ClH/c1-36-17-10-16(11-18(13-17)37-2)27-23-24(30-22-9-4-3-8-21(22)29-23)31-38(34,35)19-7-5-6-15(12-19)28-25(33)20(26)14-32;/h3-13,20,32H,14,26H2,1-2H3,(H,27,29)(H,28,33)(H,30,31);1H. The lowest BCUT2D eigenvalue weighted by Gasteiger charge is -2.15. The van der Waals surface area contributed by atoms with Crippen molar-refractivity contribution in [1.82, 2.24) is 9.97 Å². The molecule has 0 radical (unpaired) electrons. The number of aliphatic hydroxyl groups is 1. The number of carbonyl (C=O) groups excluding carboxylic acids is 1. The third-order valence-electron chi connectivity index (χ3n) is 5.36. The van der Waals surface area contributed by atoms with Crippen molar-refractivity contribution in [2.75, 3.05) is 36.2 Å². The number of anilines is 4. The van der Waals surface area contributed by atoms with E-state index in [0.717, 1.165) is 0 Å². The van der Waals surface area contributed by atoms with Gasteiger partial charge < -0.3 is 30.9 Å². The minimum atomic E-state index is -4.18. The zero-order chi connectivity index (χ0) is 27.3. The van der Waals surface area contributed by atoms with Gasteiger partial charge in [0.2, 0.25) is 5.91 Å². The monoisotopic (exact) mass is 574 g/mol. The van der Waals surface area contributed by atoms with Gasteiger partial charge in [-0.25, -0.2) is 18.4 Å². The molecule has 6 N–H and O–H groups in total. The highest BCUT2D eigenvalue weighted by Crippen LogP contribution is 2.31. The number of methoxy groups -OCH3 is 2. The largest absolute Gasteiger partial charge is 0.497 e.